The molecule has 1 N–H and O–H groups in total. The van der Waals surface area contributed by atoms with Crippen LogP contribution in [0.1, 0.15) is 58.1 Å². The number of nitrogens with one attached hydrogen (secondary N) is 1. The predicted molar refractivity (Wildman–Crippen MR) is 125 cm³/mol. The monoisotopic (exact) mass is 441 g/mol. The molecule has 174 valence electrons. The Kier molecular flexibility index (Phi) is 8.79. The lowest BCUT2D eigenvalue weighted by Gasteiger charge is -2.45. The first-order valence-electron chi connectivity index (χ1n) is 11.0. The Balaban J connectivity index is 1.86. The normalized spacial score (nSPS) is 21.7. The van der Waals surface area contributed by atoms with Gasteiger partial charge in [-0.05, 0) is 41.2 Å². The molecule has 1 fully saturated rings. The summed E-state index contributed by atoms with van der Waals surface area (Å²) >= 11 is 0. The Morgan fingerprint density at radius 3 is 2.56 bits per heavy atom. The van der Waals surface area contributed by atoms with E-state index >= 15 is 0 Å². The smallest absolute Gasteiger partial charge is 0.407 e. The molecule has 2 atom stereocenters. The number of rotatable bonds is 9. The summed E-state index contributed by atoms with van der Waals surface area (Å²) in [5, 5.41) is 2.96. The van der Waals surface area contributed by atoms with E-state index < -0.39 is 6.09 Å². The van der Waals surface area contributed by atoms with E-state index in [1.807, 2.05) is 24.3 Å². The maximum Gasteiger partial charge on any atom is 0.407 e. The molecule has 7 nitrogen and oxygen atoms in total. The first kappa shape index (κ1) is 25.3. The molecule has 1 aliphatic rings. The van der Waals surface area contributed by atoms with Gasteiger partial charge in [0.1, 0.15) is 6.61 Å². The molecule has 0 saturated heterocycles. The summed E-state index contributed by atoms with van der Waals surface area (Å²) in [7, 11) is 0. The fourth-order valence-electron chi connectivity index (χ4n) is 4.86. The van der Waals surface area contributed by atoms with E-state index in [2.05, 4.69) is 37.7 Å². The van der Waals surface area contributed by atoms with Crippen LogP contribution in [-0.2, 0) is 20.9 Å². The molecule has 7 heteroatoms. The number of alkyl carbamates (subject to hydrolysis) is 1. The summed E-state index contributed by atoms with van der Waals surface area (Å²) in [6.07, 6.45) is 5.35. The Morgan fingerprint density at radius 2 is 1.97 bits per heavy atom. The van der Waals surface area contributed by atoms with Crippen molar-refractivity contribution in [2.75, 3.05) is 19.7 Å². The molecule has 32 heavy (non-hydrogen) atoms. The van der Waals surface area contributed by atoms with Gasteiger partial charge in [-0.2, -0.15) is 0 Å². The molecule has 0 spiro atoms. The van der Waals surface area contributed by atoms with Gasteiger partial charge in [-0.3, -0.25) is 4.79 Å². The molecule has 0 aliphatic heterocycles. The molecule has 0 aromatic heterocycles. The third-order valence-corrected chi connectivity index (χ3v) is 5.92. The van der Waals surface area contributed by atoms with E-state index in [4.69, 9.17) is 4.74 Å². The second kappa shape index (κ2) is 11.1. The van der Waals surface area contributed by atoms with Crippen LogP contribution in [0, 0.1) is 10.8 Å². The summed E-state index contributed by atoms with van der Waals surface area (Å²) in [6, 6.07) is 7.74. The van der Waals surface area contributed by atoms with Crippen LogP contribution in [0.25, 0.3) is 6.08 Å². The molecule has 2 unspecified atom stereocenters. The molecule has 2 amide bonds. The fourth-order valence-corrected chi connectivity index (χ4v) is 4.86. The molecule has 1 saturated carbocycles. The van der Waals surface area contributed by atoms with E-state index in [-0.39, 0.29) is 29.4 Å². The van der Waals surface area contributed by atoms with Gasteiger partial charge in [0.2, 0.25) is 12.0 Å². The molecule has 0 bridgehead atoms. The lowest BCUT2D eigenvalue weighted by atomic mass is 9.62. The lowest BCUT2D eigenvalue weighted by Crippen LogP contribution is -2.48. The minimum Gasteiger partial charge on any atom is -0.448 e. The molecular weight excluding hydrogens is 406 g/mol. The number of ether oxygens (including phenoxy) is 1. The zero-order valence-corrected chi connectivity index (χ0v) is 19.6. The molecule has 0 heterocycles. The van der Waals surface area contributed by atoms with Gasteiger partial charge in [0.15, 0.2) is 0 Å². The SMILES string of the molecule is C=Cc1ccc(CN(CCOC(=O)NC2CC(C)(C)CC(C)(CN=C=O)C2)C(C)=O)cc1. The topological polar surface area (TPSA) is 88.1 Å². The van der Waals surface area contributed by atoms with Crippen LogP contribution in [0.4, 0.5) is 4.79 Å². The van der Waals surface area contributed by atoms with E-state index in [1.54, 1.807) is 17.1 Å². The third kappa shape index (κ3) is 7.97. The van der Waals surface area contributed by atoms with Crippen molar-refractivity contribution < 1.29 is 19.1 Å². The molecule has 0 radical (unpaired) electrons. The molecule has 1 aliphatic carbocycles. The number of carbonyl (C=O) groups is 2. The standard InChI is InChI=1S/C25H35N3O4/c1-6-20-7-9-21(10-8-20)15-28(19(2)30)11-12-32-23(31)27-22-13-24(3,4)16-25(5,14-22)17-26-18-29/h6-10,22H,1,11-17H2,2-5H3,(H,27,31). The van der Waals surface area contributed by atoms with E-state index in [1.165, 1.54) is 6.92 Å². The fraction of sp³-hybridized carbons (Fsp3) is 0.560. The number of hydrogen-bond acceptors (Lipinski definition) is 5. The van der Waals surface area contributed by atoms with Gasteiger partial charge in [-0.1, -0.05) is 57.7 Å². The Labute approximate surface area is 190 Å². The number of amides is 2. The van der Waals surface area contributed by atoms with E-state index in [9.17, 15) is 14.4 Å². The number of benzene rings is 1. The highest BCUT2D eigenvalue weighted by Crippen LogP contribution is 2.46. The maximum atomic E-state index is 12.4. The third-order valence-electron chi connectivity index (χ3n) is 5.92. The highest BCUT2D eigenvalue weighted by molar-refractivity contribution is 5.73. The summed E-state index contributed by atoms with van der Waals surface area (Å²) in [4.78, 5) is 40.4. The highest BCUT2D eigenvalue weighted by Gasteiger charge is 2.41. The van der Waals surface area contributed by atoms with Crippen LogP contribution in [-0.4, -0.2) is 48.7 Å². The van der Waals surface area contributed by atoms with Crippen molar-refractivity contribution in [2.45, 2.75) is 59.5 Å². The van der Waals surface area contributed by atoms with E-state index in [0.717, 1.165) is 30.4 Å². The largest absolute Gasteiger partial charge is 0.448 e. The molecular formula is C25H35N3O4. The van der Waals surface area contributed by atoms with Crippen molar-refractivity contribution in [3.05, 3.63) is 42.0 Å². The van der Waals surface area contributed by atoms with Gasteiger partial charge < -0.3 is 15.0 Å². The van der Waals surface area contributed by atoms with Crippen LogP contribution in [0.2, 0.25) is 0 Å². The minimum absolute atomic E-state index is 0.00985. The van der Waals surface area contributed by atoms with Crippen molar-refractivity contribution in [2.24, 2.45) is 15.8 Å². The van der Waals surface area contributed by atoms with Gasteiger partial charge in [-0.15, -0.1) is 0 Å². The summed E-state index contributed by atoms with van der Waals surface area (Å²) in [5.41, 5.74) is 1.85. The van der Waals surface area contributed by atoms with Gasteiger partial charge in [0.25, 0.3) is 0 Å². The first-order chi connectivity index (χ1) is 15.1. The quantitative estimate of drug-likeness (QED) is 0.456. The summed E-state index contributed by atoms with van der Waals surface area (Å²) in [6.45, 7) is 12.9. The first-order valence-corrected chi connectivity index (χ1v) is 11.0. The molecule has 2 rings (SSSR count). The number of hydrogen-bond donors (Lipinski definition) is 1. The average Bonchev–Trinajstić information content (AvgIpc) is 2.70. The zero-order valence-electron chi connectivity index (χ0n) is 19.6. The average molecular weight is 442 g/mol. The molecule has 1 aromatic rings. The van der Waals surface area contributed by atoms with Gasteiger partial charge in [-0.25, -0.2) is 14.6 Å². The van der Waals surface area contributed by atoms with Crippen LogP contribution in [0.15, 0.2) is 35.8 Å². The number of isocyanates is 1. The van der Waals surface area contributed by atoms with Gasteiger partial charge >= 0.3 is 6.09 Å². The second-order valence-electron chi connectivity index (χ2n) is 9.83. The number of nitrogens with zero attached hydrogens (tertiary/aromatic N) is 2. The summed E-state index contributed by atoms with van der Waals surface area (Å²) < 4.78 is 5.37. The van der Waals surface area contributed by atoms with Crippen molar-refractivity contribution in [3.63, 3.8) is 0 Å². The van der Waals surface area contributed by atoms with Crippen LogP contribution < -0.4 is 5.32 Å². The van der Waals surface area contributed by atoms with Crippen LogP contribution in [0.5, 0.6) is 0 Å². The van der Waals surface area contributed by atoms with Crippen LogP contribution >= 0.6 is 0 Å². The Hall–Kier alpha value is -2.92. The lowest BCUT2D eigenvalue weighted by molar-refractivity contribution is -0.130. The van der Waals surface area contributed by atoms with Crippen molar-refractivity contribution in [1.29, 1.82) is 0 Å². The highest BCUT2D eigenvalue weighted by atomic mass is 16.5. The zero-order chi connectivity index (χ0) is 23.8. The predicted octanol–water partition coefficient (Wildman–Crippen LogP) is 4.33. The number of aliphatic imine (C=N–C) groups is 1. The van der Waals surface area contributed by atoms with Crippen molar-refractivity contribution >= 4 is 24.2 Å². The van der Waals surface area contributed by atoms with Gasteiger partial charge in [0, 0.05) is 19.5 Å². The summed E-state index contributed by atoms with van der Waals surface area (Å²) in [5.74, 6) is -0.0812. The van der Waals surface area contributed by atoms with E-state index in [0.29, 0.717) is 19.6 Å². The minimum atomic E-state index is -0.493. The number of carbonyl (C=O) groups excluding carboxylic acids is 3. The van der Waals surface area contributed by atoms with Gasteiger partial charge in [0.05, 0.1) is 13.1 Å². The molecule has 1 aromatic carbocycles. The maximum absolute atomic E-state index is 12.4. The Morgan fingerprint density at radius 1 is 1.28 bits per heavy atom. The van der Waals surface area contributed by atoms with Crippen molar-refractivity contribution in [3.8, 4) is 0 Å². The second-order valence-corrected chi connectivity index (χ2v) is 9.83. The van der Waals surface area contributed by atoms with Crippen LogP contribution in [0.3, 0.4) is 0 Å². The Bertz CT molecular complexity index is 858. The van der Waals surface area contributed by atoms with Crippen molar-refractivity contribution in [1.82, 2.24) is 10.2 Å².